The predicted molar refractivity (Wildman–Crippen MR) is 69.0 cm³/mol. The average molecular weight is 250 g/mol. The molecule has 0 heterocycles. The topological polar surface area (TPSA) is 54.4 Å². The van der Waals surface area contributed by atoms with Crippen LogP contribution in [0.25, 0.3) is 0 Å². The van der Waals surface area contributed by atoms with Crippen molar-refractivity contribution in [3.05, 3.63) is 11.6 Å². The summed E-state index contributed by atoms with van der Waals surface area (Å²) in [7, 11) is 0. The molecule has 0 aromatic carbocycles. The molecule has 0 aromatic rings. The molecule has 100 valence electrons. The van der Waals surface area contributed by atoms with E-state index < -0.39 is 5.60 Å². The highest BCUT2D eigenvalue weighted by Crippen LogP contribution is 2.51. The maximum absolute atomic E-state index is 12.0. The van der Waals surface area contributed by atoms with E-state index in [2.05, 4.69) is 13.8 Å². The Morgan fingerprint density at radius 2 is 2.00 bits per heavy atom. The Morgan fingerprint density at radius 3 is 2.61 bits per heavy atom. The van der Waals surface area contributed by atoms with Crippen molar-refractivity contribution in [2.45, 2.75) is 52.1 Å². The Kier molecular flexibility index (Phi) is 3.22. The molecular weight excluding hydrogens is 228 g/mol. The molecule has 0 bridgehead atoms. The number of aliphatic hydroxyl groups is 1. The lowest BCUT2D eigenvalue weighted by atomic mass is 9.66. The molecule has 2 aliphatic carbocycles. The highest BCUT2D eigenvalue weighted by molar-refractivity contribution is 5.89. The third kappa shape index (κ3) is 2.05. The molecule has 3 nitrogen and oxygen atoms in total. The molecule has 2 rings (SSSR count). The van der Waals surface area contributed by atoms with E-state index in [1.54, 1.807) is 6.92 Å². The fraction of sp³-hybridized carbons (Fsp3) is 0.733. The molecule has 1 fully saturated rings. The summed E-state index contributed by atoms with van der Waals surface area (Å²) in [5.41, 5.74) is -0.459. The van der Waals surface area contributed by atoms with Gasteiger partial charge in [0.25, 0.3) is 0 Å². The minimum atomic E-state index is -1.22. The molecule has 0 saturated heterocycles. The summed E-state index contributed by atoms with van der Waals surface area (Å²) in [5, 5.41) is 10.4. The number of hydrogen-bond donors (Lipinski definition) is 1. The first-order valence-corrected chi connectivity index (χ1v) is 6.69. The van der Waals surface area contributed by atoms with Gasteiger partial charge < -0.3 is 5.11 Å². The van der Waals surface area contributed by atoms with E-state index >= 15 is 0 Å². The van der Waals surface area contributed by atoms with Crippen molar-refractivity contribution in [1.29, 1.82) is 0 Å². The molecule has 1 saturated carbocycles. The van der Waals surface area contributed by atoms with E-state index in [-0.39, 0.29) is 23.0 Å². The van der Waals surface area contributed by atoms with Crippen molar-refractivity contribution in [3.63, 3.8) is 0 Å². The largest absolute Gasteiger partial charge is 0.382 e. The smallest absolute Gasteiger partial charge is 0.164 e. The van der Waals surface area contributed by atoms with Crippen molar-refractivity contribution in [1.82, 2.24) is 0 Å². The number of rotatable bonds is 1. The van der Waals surface area contributed by atoms with E-state index in [0.29, 0.717) is 12.8 Å². The number of aldehydes is 1. The SMILES string of the molecule is CC1(C)C/C=C(/C=O)CC[C@H]2[C@H]1CC(=O)[C@]2(C)O. The quantitative estimate of drug-likeness (QED) is 0.726. The summed E-state index contributed by atoms with van der Waals surface area (Å²) in [5.74, 6) is 0.147. The van der Waals surface area contributed by atoms with E-state index in [9.17, 15) is 14.7 Å². The molecule has 0 aliphatic heterocycles. The maximum atomic E-state index is 12.0. The van der Waals surface area contributed by atoms with Crippen molar-refractivity contribution < 1.29 is 14.7 Å². The van der Waals surface area contributed by atoms with Gasteiger partial charge in [-0.2, -0.15) is 0 Å². The summed E-state index contributed by atoms with van der Waals surface area (Å²) in [6, 6.07) is 0. The first-order chi connectivity index (χ1) is 8.29. The molecule has 3 atom stereocenters. The van der Waals surface area contributed by atoms with E-state index in [1.807, 2.05) is 6.08 Å². The molecule has 0 aromatic heterocycles. The Labute approximate surface area is 108 Å². The van der Waals surface area contributed by atoms with Crippen LogP contribution >= 0.6 is 0 Å². The van der Waals surface area contributed by atoms with Crippen LogP contribution < -0.4 is 0 Å². The molecule has 0 amide bonds. The Morgan fingerprint density at radius 1 is 1.33 bits per heavy atom. The second-order valence-electron chi connectivity index (χ2n) is 6.62. The van der Waals surface area contributed by atoms with Gasteiger partial charge in [-0.25, -0.2) is 0 Å². The number of carbonyl (C=O) groups is 2. The first-order valence-electron chi connectivity index (χ1n) is 6.69. The second-order valence-corrected chi connectivity index (χ2v) is 6.62. The van der Waals surface area contributed by atoms with E-state index in [1.165, 1.54) is 0 Å². The number of carbonyl (C=O) groups excluding carboxylic acids is 2. The van der Waals surface area contributed by atoms with E-state index in [4.69, 9.17) is 0 Å². The lowest BCUT2D eigenvalue weighted by Gasteiger charge is -2.39. The van der Waals surface area contributed by atoms with Crippen LogP contribution in [0.5, 0.6) is 0 Å². The molecule has 0 spiro atoms. The monoisotopic (exact) mass is 250 g/mol. The van der Waals surface area contributed by atoms with Gasteiger partial charge in [-0.3, -0.25) is 9.59 Å². The van der Waals surface area contributed by atoms with Crippen LogP contribution in [-0.2, 0) is 9.59 Å². The summed E-state index contributed by atoms with van der Waals surface area (Å²) < 4.78 is 0. The van der Waals surface area contributed by atoms with Crippen LogP contribution in [0.2, 0.25) is 0 Å². The first kappa shape index (κ1) is 13.5. The van der Waals surface area contributed by atoms with Gasteiger partial charge >= 0.3 is 0 Å². The normalized spacial score (nSPS) is 42.4. The van der Waals surface area contributed by atoms with Crippen molar-refractivity contribution in [3.8, 4) is 0 Å². The number of ketones is 1. The zero-order valence-corrected chi connectivity index (χ0v) is 11.4. The minimum Gasteiger partial charge on any atom is -0.382 e. The van der Waals surface area contributed by atoms with Crippen molar-refractivity contribution >= 4 is 12.1 Å². The van der Waals surface area contributed by atoms with Crippen LogP contribution in [-0.4, -0.2) is 22.8 Å². The lowest BCUT2D eigenvalue weighted by molar-refractivity contribution is -0.135. The molecule has 2 aliphatic rings. The standard InChI is InChI=1S/C15H22O3/c1-14(2)7-6-10(9-16)4-5-11-12(14)8-13(17)15(11,3)18/h6,9,11-12,18H,4-5,7-8H2,1-3H3/b10-6+/t11-,12+,15+/m0/s1. The zero-order chi connectivity index (χ0) is 13.6. The van der Waals surface area contributed by atoms with Crippen LogP contribution in [0.1, 0.15) is 46.5 Å². The molecule has 3 heteroatoms. The van der Waals surface area contributed by atoms with Gasteiger partial charge in [-0.05, 0) is 49.0 Å². The summed E-state index contributed by atoms with van der Waals surface area (Å²) >= 11 is 0. The predicted octanol–water partition coefficient (Wildman–Crippen LogP) is 2.28. The molecule has 18 heavy (non-hydrogen) atoms. The molecule has 0 radical (unpaired) electrons. The minimum absolute atomic E-state index is 0.0244. The van der Waals surface area contributed by atoms with Crippen LogP contribution in [0, 0.1) is 17.3 Å². The van der Waals surface area contributed by atoms with E-state index in [0.717, 1.165) is 24.7 Å². The molecule has 1 N–H and O–H groups in total. The lowest BCUT2D eigenvalue weighted by Crippen LogP contribution is -2.40. The van der Waals surface area contributed by atoms with Crippen molar-refractivity contribution in [2.24, 2.45) is 17.3 Å². The van der Waals surface area contributed by atoms with Gasteiger partial charge in [-0.15, -0.1) is 0 Å². The number of Topliss-reactive ketones (excluding diaryl/α,β-unsaturated/α-hetero) is 1. The van der Waals surface area contributed by atoms with Gasteiger partial charge in [-0.1, -0.05) is 19.9 Å². The van der Waals surface area contributed by atoms with Gasteiger partial charge in [0.05, 0.1) is 0 Å². The maximum Gasteiger partial charge on any atom is 0.164 e. The van der Waals surface area contributed by atoms with Crippen LogP contribution in [0.3, 0.4) is 0 Å². The zero-order valence-electron chi connectivity index (χ0n) is 11.4. The fourth-order valence-corrected chi connectivity index (χ4v) is 3.53. The van der Waals surface area contributed by atoms with Gasteiger partial charge in [0, 0.05) is 6.42 Å². The number of hydrogen-bond acceptors (Lipinski definition) is 3. The summed E-state index contributed by atoms with van der Waals surface area (Å²) in [6.07, 6.45) is 5.56. The third-order valence-corrected chi connectivity index (χ3v) is 4.97. The highest BCUT2D eigenvalue weighted by atomic mass is 16.3. The summed E-state index contributed by atoms with van der Waals surface area (Å²) in [4.78, 5) is 22.9. The number of allylic oxidation sites excluding steroid dienone is 2. The number of fused-ring (bicyclic) bond motifs is 1. The fourth-order valence-electron chi connectivity index (χ4n) is 3.53. The molecule has 0 unspecified atom stereocenters. The van der Waals surface area contributed by atoms with Crippen LogP contribution in [0.4, 0.5) is 0 Å². The molecular formula is C15H22O3. The third-order valence-electron chi connectivity index (χ3n) is 4.97. The van der Waals surface area contributed by atoms with Gasteiger partial charge in [0.2, 0.25) is 0 Å². The Balaban J connectivity index is 2.37. The average Bonchev–Trinajstić information content (AvgIpc) is 2.50. The Hall–Kier alpha value is -0.960. The second kappa shape index (κ2) is 4.30. The van der Waals surface area contributed by atoms with Gasteiger partial charge in [0.15, 0.2) is 5.78 Å². The van der Waals surface area contributed by atoms with Crippen LogP contribution in [0.15, 0.2) is 11.6 Å². The Bertz CT molecular complexity index is 404. The van der Waals surface area contributed by atoms with Gasteiger partial charge in [0.1, 0.15) is 11.9 Å². The highest BCUT2D eigenvalue weighted by Gasteiger charge is 2.54. The summed E-state index contributed by atoms with van der Waals surface area (Å²) in [6.45, 7) is 5.90. The van der Waals surface area contributed by atoms with Crippen molar-refractivity contribution in [2.75, 3.05) is 0 Å².